The molecule has 0 unspecified atom stereocenters. The van der Waals surface area contributed by atoms with Crippen molar-refractivity contribution < 1.29 is 0 Å². The van der Waals surface area contributed by atoms with Crippen molar-refractivity contribution in [3.05, 3.63) is 223 Å². The summed E-state index contributed by atoms with van der Waals surface area (Å²) in [6.45, 7) is 4.71. The molecule has 266 valence electrons. The Morgan fingerprint density at radius 3 is 1.54 bits per heavy atom. The van der Waals surface area contributed by atoms with Gasteiger partial charge < -0.3 is 4.90 Å². The minimum Gasteiger partial charge on any atom is -0.310 e. The first-order valence-electron chi connectivity index (χ1n) is 19.5. The van der Waals surface area contributed by atoms with E-state index in [1.54, 1.807) is 0 Å². The van der Waals surface area contributed by atoms with E-state index in [0.717, 1.165) is 17.1 Å². The van der Waals surface area contributed by atoms with E-state index < -0.39 is 0 Å². The van der Waals surface area contributed by atoms with Gasteiger partial charge in [-0.25, -0.2) is 0 Å². The topological polar surface area (TPSA) is 3.24 Å². The van der Waals surface area contributed by atoms with Crippen LogP contribution in [0.5, 0.6) is 0 Å². The van der Waals surface area contributed by atoms with Crippen LogP contribution in [-0.2, 0) is 5.41 Å². The standard InChI is InChI=1S/C55H41N/c1-55(2)51-29-13-11-26-48(51)49-36-35-43(37-52(49)55)56(53-30-14-12-24-45(53)38-17-5-3-6-18-38)42-33-31-40(32-34-42)44-23-9-10-25-47(44)50-28-16-22-41-21-15-27-46(54(41)50)39-19-7-4-8-20-39/h3-37H,1-2H3. The largest absolute Gasteiger partial charge is 0.310 e. The predicted octanol–water partition coefficient (Wildman–Crippen LogP) is 15.3. The van der Waals surface area contributed by atoms with E-state index in [1.807, 2.05) is 0 Å². The maximum atomic E-state index is 2.44. The quantitative estimate of drug-likeness (QED) is 0.159. The van der Waals surface area contributed by atoms with Crippen molar-refractivity contribution in [3.8, 4) is 55.6 Å². The highest BCUT2D eigenvalue weighted by Gasteiger charge is 2.36. The molecule has 0 saturated heterocycles. The molecule has 0 spiro atoms. The lowest BCUT2D eigenvalue weighted by Crippen LogP contribution is -2.16. The molecule has 0 radical (unpaired) electrons. The van der Waals surface area contributed by atoms with Crippen molar-refractivity contribution in [2.75, 3.05) is 4.90 Å². The van der Waals surface area contributed by atoms with Crippen LogP contribution < -0.4 is 4.90 Å². The highest BCUT2D eigenvalue weighted by Crippen LogP contribution is 2.51. The van der Waals surface area contributed by atoms with Crippen molar-refractivity contribution in [3.63, 3.8) is 0 Å². The van der Waals surface area contributed by atoms with Gasteiger partial charge in [0.15, 0.2) is 0 Å². The summed E-state index contributed by atoms with van der Waals surface area (Å²) in [7, 11) is 0. The third kappa shape index (κ3) is 5.63. The summed E-state index contributed by atoms with van der Waals surface area (Å²) in [5, 5.41) is 2.51. The average molecular weight is 716 g/mol. The van der Waals surface area contributed by atoms with Gasteiger partial charge in [-0.05, 0) is 102 Å². The van der Waals surface area contributed by atoms with Gasteiger partial charge in [0, 0.05) is 22.4 Å². The van der Waals surface area contributed by atoms with Crippen LogP contribution in [0.1, 0.15) is 25.0 Å². The molecular weight excluding hydrogens is 675 g/mol. The normalized spacial score (nSPS) is 12.6. The van der Waals surface area contributed by atoms with Gasteiger partial charge in [0.25, 0.3) is 0 Å². The number of para-hydroxylation sites is 1. The van der Waals surface area contributed by atoms with Gasteiger partial charge in [-0.2, -0.15) is 0 Å². The Morgan fingerprint density at radius 1 is 0.321 bits per heavy atom. The fourth-order valence-electron chi connectivity index (χ4n) is 8.97. The van der Waals surface area contributed by atoms with Gasteiger partial charge in [-0.3, -0.25) is 0 Å². The number of fused-ring (bicyclic) bond motifs is 4. The van der Waals surface area contributed by atoms with Crippen LogP contribution in [0.3, 0.4) is 0 Å². The van der Waals surface area contributed by atoms with Gasteiger partial charge in [-0.1, -0.05) is 196 Å². The summed E-state index contributed by atoms with van der Waals surface area (Å²) < 4.78 is 0. The minimum absolute atomic E-state index is 0.109. The van der Waals surface area contributed by atoms with Gasteiger partial charge in [0.2, 0.25) is 0 Å². The molecule has 0 N–H and O–H groups in total. The number of hydrogen-bond donors (Lipinski definition) is 0. The number of rotatable bonds is 7. The third-order valence-corrected chi connectivity index (χ3v) is 11.7. The molecule has 9 aromatic carbocycles. The van der Waals surface area contributed by atoms with E-state index in [2.05, 4.69) is 231 Å². The molecule has 0 aromatic heterocycles. The monoisotopic (exact) mass is 715 g/mol. The van der Waals surface area contributed by atoms with Crippen molar-refractivity contribution >= 4 is 27.8 Å². The molecule has 0 amide bonds. The van der Waals surface area contributed by atoms with Crippen molar-refractivity contribution in [2.24, 2.45) is 0 Å². The van der Waals surface area contributed by atoms with E-state index in [0.29, 0.717) is 0 Å². The van der Waals surface area contributed by atoms with Gasteiger partial charge in [-0.15, -0.1) is 0 Å². The Balaban J connectivity index is 1.12. The van der Waals surface area contributed by atoms with Crippen LogP contribution in [0, 0.1) is 0 Å². The van der Waals surface area contributed by atoms with E-state index in [1.165, 1.54) is 77.5 Å². The summed E-state index contributed by atoms with van der Waals surface area (Å²) in [6, 6.07) is 77.5. The Labute approximate surface area is 329 Å². The van der Waals surface area contributed by atoms with Crippen molar-refractivity contribution in [1.82, 2.24) is 0 Å². The SMILES string of the molecule is CC1(C)c2ccccc2-c2ccc(N(c3ccc(-c4ccccc4-c4cccc5cccc(-c6ccccc6)c45)cc3)c3ccccc3-c3ccccc3)cc21. The molecule has 0 saturated carbocycles. The van der Waals surface area contributed by atoms with Crippen LogP contribution in [-0.4, -0.2) is 0 Å². The summed E-state index contributed by atoms with van der Waals surface area (Å²) >= 11 is 0. The predicted molar refractivity (Wildman–Crippen MR) is 238 cm³/mol. The van der Waals surface area contributed by atoms with Crippen LogP contribution in [0.4, 0.5) is 17.1 Å². The van der Waals surface area contributed by atoms with Crippen LogP contribution in [0.15, 0.2) is 212 Å². The molecule has 9 aromatic rings. The molecular formula is C55H41N. The zero-order chi connectivity index (χ0) is 37.6. The second-order valence-corrected chi connectivity index (χ2v) is 15.3. The summed E-state index contributed by atoms with van der Waals surface area (Å²) in [5.41, 5.74) is 18.4. The highest BCUT2D eigenvalue weighted by atomic mass is 15.1. The maximum absolute atomic E-state index is 2.44. The fraction of sp³-hybridized carbons (Fsp3) is 0.0545. The molecule has 0 atom stereocenters. The molecule has 56 heavy (non-hydrogen) atoms. The summed E-state index contributed by atoms with van der Waals surface area (Å²) in [5.74, 6) is 0. The molecule has 0 aliphatic heterocycles. The second kappa shape index (κ2) is 13.7. The number of benzene rings is 9. The average Bonchev–Trinajstić information content (AvgIpc) is 3.49. The number of anilines is 3. The lowest BCUT2D eigenvalue weighted by atomic mass is 9.82. The molecule has 1 heteroatoms. The first-order chi connectivity index (χ1) is 27.6. The zero-order valence-corrected chi connectivity index (χ0v) is 31.7. The second-order valence-electron chi connectivity index (χ2n) is 15.3. The van der Waals surface area contributed by atoms with Crippen molar-refractivity contribution in [2.45, 2.75) is 19.3 Å². The van der Waals surface area contributed by atoms with Crippen LogP contribution in [0.25, 0.3) is 66.4 Å². The summed E-state index contributed by atoms with van der Waals surface area (Å²) in [4.78, 5) is 2.44. The van der Waals surface area contributed by atoms with Crippen LogP contribution >= 0.6 is 0 Å². The fourth-order valence-corrected chi connectivity index (χ4v) is 8.97. The molecule has 0 fully saturated rings. The Bertz CT molecular complexity index is 2860. The number of nitrogens with zero attached hydrogens (tertiary/aromatic N) is 1. The van der Waals surface area contributed by atoms with Gasteiger partial charge >= 0.3 is 0 Å². The van der Waals surface area contributed by atoms with Gasteiger partial charge in [0.1, 0.15) is 0 Å². The number of hydrogen-bond acceptors (Lipinski definition) is 1. The Hall–Kier alpha value is -6.96. The molecule has 1 nitrogen and oxygen atoms in total. The first-order valence-corrected chi connectivity index (χ1v) is 19.5. The molecule has 10 rings (SSSR count). The summed E-state index contributed by atoms with van der Waals surface area (Å²) in [6.07, 6.45) is 0. The lowest BCUT2D eigenvalue weighted by Gasteiger charge is -2.30. The van der Waals surface area contributed by atoms with Crippen LogP contribution in [0.2, 0.25) is 0 Å². The van der Waals surface area contributed by atoms with E-state index in [4.69, 9.17) is 0 Å². The van der Waals surface area contributed by atoms with E-state index >= 15 is 0 Å². The molecule has 0 bridgehead atoms. The van der Waals surface area contributed by atoms with Gasteiger partial charge in [0.05, 0.1) is 5.69 Å². The highest BCUT2D eigenvalue weighted by molar-refractivity contribution is 6.08. The van der Waals surface area contributed by atoms with E-state index in [-0.39, 0.29) is 5.41 Å². The Morgan fingerprint density at radius 2 is 0.821 bits per heavy atom. The third-order valence-electron chi connectivity index (χ3n) is 11.7. The molecule has 1 aliphatic rings. The zero-order valence-electron chi connectivity index (χ0n) is 31.7. The van der Waals surface area contributed by atoms with E-state index in [9.17, 15) is 0 Å². The lowest BCUT2D eigenvalue weighted by molar-refractivity contribution is 0.660. The first kappa shape index (κ1) is 33.6. The molecule has 0 heterocycles. The molecule has 1 aliphatic carbocycles. The Kier molecular flexibility index (Phi) is 8.23. The maximum Gasteiger partial charge on any atom is 0.0540 e. The minimum atomic E-state index is -0.109. The smallest absolute Gasteiger partial charge is 0.0540 e. The van der Waals surface area contributed by atoms with Crippen molar-refractivity contribution in [1.29, 1.82) is 0 Å².